The fourth-order valence-electron chi connectivity index (χ4n) is 8.23. The van der Waals surface area contributed by atoms with Gasteiger partial charge in [0.25, 0.3) is 0 Å². The molecule has 6 rings (SSSR count). The molecule has 2 saturated heterocycles. The van der Waals surface area contributed by atoms with Gasteiger partial charge in [-0.2, -0.15) is 0 Å². The first kappa shape index (κ1) is 17.4. The normalized spacial score (nSPS) is 49.7. The predicted molar refractivity (Wildman–Crippen MR) is 101 cm³/mol. The van der Waals surface area contributed by atoms with Gasteiger partial charge in [-0.25, -0.2) is 0 Å². The number of hydrogen-bond donors (Lipinski definition) is 0. The Morgan fingerprint density at radius 2 is 1.52 bits per heavy atom. The van der Waals surface area contributed by atoms with Crippen LogP contribution >= 0.6 is 0 Å². The minimum atomic E-state index is -0.301. The summed E-state index contributed by atoms with van der Waals surface area (Å²) in [5.41, 5.74) is 2.15. The van der Waals surface area contributed by atoms with Gasteiger partial charge in [0, 0.05) is 24.7 Å². The van der Waals surface area contributed by atoms with Gasteiger partial charge in [0.15, 0.2) is 11.6 Å². The maximum Gasteiger partial charge on any atom is 0.174 e. The third kappa shape index (κ3) is 2.14. The number of allylic oxidation sites excluding steroid dienone is 1. The van der Waals surface area contributed by atoms with Crippen molar-refractivity contribution in [2.24, 2.45) is 28.6 Å². The van der Waals surface area contributed by atoms with Crippen LogP contribution in [0.15, 0.2) is 11.6 Å². The molecule has 27 heavy (non-hydrogen) atoms. The van der Waals surface area contributed by atoms with E-state index in [4.69, 9.17) is 18.9 Å². The van der Waals surface area contributed by atoms with Crippen molar-refractivity contribution in [3.05, 3.63) is 11.6 Å². The molecular formula is C23H34O4. The molecule has 0 N–H and O–H groups in total. The van der Waals surface area contributed by atoms with Crippen molar-refractivity contribution >= 4 is 0 Å². The first-order chi connectivity index (χ1) is 13.0. The van der Waals surface area contributed by atoms with Crippen molar-refractivity contribution in [1.29, 1.82) is 0 Å². The minimum absolute atomic E-state index is 0.194. The molecular weight excluding hydrogens is 340 g/mol. The summed E-state index contributed by atoms with van der Waals surface area (Å²) in [6.45, 7) is 8.11. The van der Waals surface area contributed by atoms with Gasteiger partial charge in [-0.05, 0) is 55.3 Å². The number of hydrogen-bond acceptors (Lipinski definition) is 4. The highest BCUT2D eigenvalue weighted by Gasteiger charge is 2.67. The Morgan fingerprint density at radius 3 is 2.30 bits per heavy atom. The monoisotopic (exact) mass is 374 g/mol. The molecule has 0 unspecified atom stereocenters. The summed E-state index contributed by atoms with van der Waals surface area (Å²) in [5.74, 6) is 1.73. The zero-order valence-electron chi connectivity index (χ0n) is 16.9. The van der Waals surface area contributed by atoms with E-state index in [-0.39, 0.29) is 17.0 Å². The summed E-state index contributed by atoms with van der Waals surface area (Å²) >= 11 is 0. The second-order valence-corrected chi connectivity index (χ2v) is 10.5. The maximum absolute atomic E-state index is 6.28. The number of fused-ring (bicyclic) bond motifs is 6. The van der Waals surface area contributed by atoms with Crippen molar-refractivity contribution in [1.82, 2.24) is 0 Å². The Balaban J connectivity index is 1.32. The van der Waals surface area contributed by atoms with Gasteiger partial charge >= 0.3 is 0 Å². The van der Waals surface area contributed by atoms with Crippen LogP contribution in [0.4, 0.5) is 0 Å². The van der Waals surface area contributed by atoms with Gasteiger partial charge in [-0.1, -0.05) is 25.5 Å². The lowest BCUT2D eigenvalue weighted by Crippen LogP contribution is -2.55. The molecule has 3 saturated carbocycles. The molecule has 6 aliphatic rings. The van der Waals surface area contributed by atoms with Crippen molar-refractivity contribution in [2.75, 3.05) is 26.4 Å². The molecule has 0 aromatic carbocycles. The van der Waals surface area contributed by atoms with Crippen LogP contribution in [-0.4, -0.2) is 38.0 Å². The SMILES string of the molecule is C[C@]12CC[C@H]3[C@H](CC=C4CC5(CC[C@]43C)OCCO5)[C@H]1CCC21OCCO1. The summed E-state index contributed by atoms with van der Waals surface area (Å²) in [4.78, 5) is 0. The quantitative estimate of drug-likeness (QED) is 0.588. The molecule has 0 radical (unpaired) electrons. The molecule has 2 heterocycles. The van der Waals surface area contributed by atoms with E-state index in [1.165, 1.54) is 32.1 Å². The lowest BCUT2D eigenvalue weighted by molar-refractivity contribution is -0.243. The van der Waals surface area contributed by atoms with E-state index in [0.29, 0.717) is 5.41 Å². The van der Waals surface area contributed by atoms with Crippen LogP contribution in [0.25, 0.3) is 0 Å². The summed E-state index contributed by atoms with van der Waals surface area (Å²) in [6.07, 6.45) is 12.0. The van der Waals surface area contributed by atoms with Gasteiger partial charge in [0.1, 0.15) is 0 Å². The Bertz CT molecular complexity index is 659. The third-order valence-electron chi connectivity index (χ3n) is 9.72. The third-order valence-corrected chi connectivity index (χ3v) is 9.72. The highest BCUT2D eigenvalue weighted by molar-refractivity contribution is 5.27. The number of rotatable bonds is 0. The maximum atomic E-state index is 6.28. The van der Waals surface area contributed by atoms with E-state index in [1.54, 1.807) is 5.57 Å². The van der Waals surface area contributed by atoms with Crippen LogP contribution in [0.2, 0.25) is 0 Å². The summed E-state index contributed by atoms with van der Waals surface area (Å²) < 4.78 is 24.7. The van der Waals surface area contributed by atoms with Gasteiger partial charge in [0.05, 0.1) is 26.4 Å². The fourth-order valence-corrected chi connectivity index (χ4v) is 8.23. The number of ether oxygens (including phenoxy) is 4. The largest absolute Gasteiger partial charge is 0.347 e. The molecule has 5 atom stereocenters. The predicted octanol–water partition coefficient (Wildman–Crippen LogP) is 4.44. The van der Waals surface area contributed by atoms with E-state index in [9.17, 15) is 0 Å². The molecule has 0 bridgehead atoms. The summed E-state index contributed by atoms with van der Waals surface area (Å²) in [7, 11) is 0. The fraction of sp³-hybridized carbons (Fsp3) is 0.913. The Hall–Kier alpha value is -0.420. The van der Waals surface area contributed by atoms with Crippen LogP contribution in [-0.2, 0) is 18.9 Å². The first-order valence-electron chi connectivity index (χ1n) is 11.3. The Morgan fingerprint density at radius 1 is 0.815 bits per heavy atom. The molecule has 150 valence electrons. The highest BCUT2D eigenvalue weighted by atomic mass is 16.7. The molecule has 5 fully saturated rings. The minimum Gasteiger partial charge on any atom is -0.347 e. The molecule has 0 amide bonds. The smallest absolute Gasteiger partial charge is 0.174 e. The van der Waals surface area contributed by atoms with E-state index in [1.807, 2.05) is 0 Å². The molecule has 4 aliphatic carbocycles. The molecule has 0 aromatic heterocycles. The van der Waals surface area contributed by atoms with Gasteiger partial charge in [-0.3, -0.25) is 0 Å². The Kier molecular flexibility index (Phi) is 3.61. The topological polar surface area (TPSA) is 36.9 Å². The van der Waals surface area contributed by atoms with Crippen molar-refractivity contribution in [3.63, 3.8) is 0 Å². The molecule has 4 nitrogen and oxygen atoms in total. The average Bonchev–Trinajstić information content (AvgIpc) is 3.38. The standard InChI is InChI=1S/C23H34O4/c1-20-9-10-22(24-11-12-25-22)15-16(20)3-4-17-18(20)5-7-21(2)19(17)6-8-23(21)26-13-14-27-23/h3,17-19H,4-15H2,1-2H3/t17-,18-,19+,20+,21-/m0/s1. The van der Waals surface area contributed by atoms with Gasteiger partial charge in [-0.15, -0.1) is 0 Å². The molecule has 2 spiro atoms. The van der Waals surface area contributed by atoms with E-state index in [0.717, 1.165) is 63.4 Å². The summed E-state index contributed by atoms with van der Waals surface area (Å²) in [5, 5.41) is 0. The van der Waals surface area contributed by atoms with Crippen LogP contribution in [0.1, 0.15) is 65.2 Å². The first-order valence-corrected chi connectivity index (χ1v) is 11.3. The highest BCUT2D eigenvalue weighted by Crippen LogP contribution is 2.69. The van der Waals surface area contributed by atoms with E-state index < -0.39 is 0 Å². The lowest BCUT2D eigenvalue weighted by atomic mass is 9.47. The second kappa shape index (κ2) is 5.59. The Labute approximate surface area is 162 Å². The zero-order chi connectivity index (χ0) is 18.3. The lowest BCUT2D eigenvalue weighted by Gasteiger charge is -2.59. The van der Waals surface area contributed by atoms with Crippen LogP contribution in [0.5, 0.6) is 0 Å². The second-order valence-electron chi connectivity index (χ2n) is 10.5. The van der Waals surface area contributed by atoms with Crippen molar-refractivity contribution in [3.8, 4) is 0 Å². The zero-order valence-corrected chi connectivity index (χ0v) is 16.9. The van der Waals surface area contributed by atoms with Gasteiger partial charge in [0.2, 0.25) is 0 Å². The van der Waals surface area contributed by atoms with Crippen LogP contribution in [0, 0.1) is 28.6 Å². The van der Waals surface area contributed by atoms with Crippen LogP contribution in [0.3, 0.4) is 0 Å². The average molecular weight is 375 g/mol. The van der Waals surface area contributed by atoms with E-state index in [2.05, 4.69) is 19.9 Å². The van der Waals surface area contributed by atoms with Crippen molar-refractivity contribution < 1.29 is 18.9 Å². The summed E-state index contributed by atoms with van der Waals surface area (Å²) in [6, 6.07) is 0. The van der Waals surface area contributed by atoms with Crippen molar-refractivity contribution in [2.45, 2.75) is 76.8 Å². The molecule has 4 heteroatoms. The van der Waals surface area contributed by atoms with E-state index >= 15 is 0 Å². The molecule has 0 aromatic rings. The van der Waals surface area contributed by atoms with Crippen LogP contribution < -0.4 is 0 Å². The molecule has 2 aliphatic heterocycles. The van der Waals surface area contributed by atoms with Gasteiger partial charge < -0.3 is 18.9 Å².